The normalized spacial score (nSPS) is 21.6. The fourth-order valence-corrected chi connectivity index (χ4v) is 6.49. The lowest BCUT2D eigenvalue weighted by Gasteiger charge is -2.22. The molecule has 2 heterocycles. The summed E-state index contributed by atoms with van der Waals surface area (Å²) in [6, 6.07) is 14.6. The van der Waals surface area contributed by atoms with Crippen molar-refractivity contribution in [2.45, 2.75) is 56.0 Å². The molecule has 2 aromatic rings. The zero-order valence-electron chi connectivity index (χ0n) is 19.4. The second-order valence-corrected chi connectivity index (χ2v) is 10.9. The van der Waals surface area contributed by atoms with Crippen LogP contribution in [0.15, 0.2) is 53.4 Å². The Morgan fingerprint density at radius 1 is 0.971 bits per heavy atom. The lowest BCUT2D eigenvalue weighted by Crippen LogP contribution is -2.42. The average molecular weight is 486 g/mol. The van der Waals surface area contributed by atoms with Gasteiger partial charge in [-0.05, 0) is 74.4 Å². The summed E-state index contributed by atoms with van der Waals surface area (Å²) < 4.78 is 31.8. The van der Waals surface area contributed by atoms with Gasteiger partial charge in [0.2, 0.25) is 10.0 Å². The molecule has 0 saturated carbocycles. The highest BCUT2D eigenvalue weighted by molar-refractivity contribution is 7.89. The number of sulfonamides is 1. The number of primary amides is 1. The molecule has 9 heteroatoms. The molecular weight excluding hydrogens is 454 g/mol. The van der Waals surface area contributed by atoms with Gasteiger partial charge in [0.05, 0.1) is 4.90 Å². The molecule has 34 heavy (non-hydrogen) atoms. The number of esters is 1. The van der Waals surface area contributed by atoms with E-state index in [9.17, 15) is 18.0 Å². The summed E-state index contributed by atoms with van der Waals surface area (Å²) in [5, 5.41) is 0. The summed E-state index contributed by atoms with van der Waals surface area (Å²) in [5.41, 5.74) is 8.10. The Morgan fingerprint density at radius 2 is 1.59 bits per heavy atom. The number of benzene rings is 2. The fourth-order valence-electron chi connectivity index (χ4n) is 4.85. The van der Waals surface area contributed by atoms with Gasteiger partial charge < -0.3 is 15.4 Å². The van der Waals surface area contributed by atoms with E-state index in [1.165, 1.54) is 24.9 Å². The number of carbonyl (C=O) groups is 2. The van der Waals surface area contributed by atoms with Gasteiger partial charge in [-0.25, -0.2) is 18.0 Å². The first-order valence-electron chi connectivity index (χ1n) is 11.7. The van der Waals surface area contributed by atoms with E-state index in [-0.39, 0.29) is 17.9 Å². The maximum atomic E-state index is 13.1. The largest absolute Gasteiger partial charge is 0.412 e. The highest BCUT2D eigenvalue weighted by Gasteiger charge is 2.41. The molecule has 0 spiro atoms. The van der Waals surface area contributed by atoms with Crippen molar-refractivity contribution >= 4 is 22.1 Å². The standard InChI is InChI=1S/C25H31N3O5S/c1-18-4-2-15-27(18)17-14-19-6-8-20(9-7-19)21-10-12-22(13-11-21)34(31,32)28-16-3-5-23(28)24(29)33-25(26)30/h6-13,18,23H,2-5,14-17H2,1H3,(H2,26,30). The molecule has 1 amide bonds. The molecule has 8 nitrogen and oxygen atoms in total. The molecule has 2 atom stereocenters. The van der Waals surface area contributed by atoms with Crippen molar-refractivity contribution in [3.8, 4) is 11.1 Å². The highest BCUT2D eigenvalue weighted by atomic mass is 32.2. The van der Waals surface area contributed by atoms with Crippen LogP contribution in [0.5, 0.6) is 0 Å². The monoisotopic (exact) mass is 485 g/mol. The SMILES string of the molecule is CC1CCCN1CCc1ccc(-c2ccc(S(=O)(=O)N3CCCC3C(=O)OC(N)=O)cc2)cc1. The third-order valence-corrected chi connectivity index (χ3v) is 8.73. The second-order valence-electron chi connectivity index (χ2n) is 9.01. The van der Waals surface area contributed by atoms with E-state index in [1.807, 2.05) is 0 Å². The van der Waals surface area contributed by atoms with Crippen molar-refractivity contribution in [1.82, 2.24) is 9.21 Å². The van der Waals surface area contributed by atoms with E-state index in [4.69, 9.17) is 5.73 Å². The van der Waals surface area contributed by atoms with E-state index in [0.29, 0.717) is 12.5 Å². The summed E-state index contributed by atoms with van der Waals surface area (Å²) in [6.07, 6.45) is 3.11. The van der Waals surface area contributed by atoms with Crippen LogP contribution < -0.4 is 5.73 Å². The zero-order chi connectivity index (χ0) is 24.3. The van der Waals surface area contributed by atoms with Crippen LogP contribution in [0, 0.1) is 0 Å². The van der Waals surface area contributed by atoms with Gasteiger partial charge >= 0.3 is 12.1 Å². The van der Waals surface area contributed by atoms with Crippen molar-refractivity contribution < 1.29 is 22.7 Å². The number of ether oxygens (including phenoxy) is 1. The van der Waals surface area contributed by atoms with Crippen molar-refractivity contribution in [3.63, 3.8) is 0 Å². The third kappa shape index (κ3) is 5.32. The summed E-state index contributed by atoms with van der Waals surface area (Å²) in [4.78, 5) is 25.6. The smallest absolute Gasteiger partial charge is 0.375 e. The lowest BCUT2D eigenvalue weighted by molar-refractivity contribution is -0.140. The number of nitrogens with zero attached hydrogens (tertiary/aromatic N) is 2. The Morgan fingerprint density at radius 3 is 2.18 bits per heavy atom. The molecule has 2 unspecified atom stereocenters. The van der Waals surface area contributed by atoms with Crippen LogP contribution in [0.2, 0.25) is 0 Å². The first kappa shape index (κ1) is 24.4. The van der Waals surface area contributed by atoms with Gasteiger partial charge in [-0.1, -0.05) is 36.4 Å². The molecule has 0 aliphatic carbocycles. The summed E-state index contributed by atoms with van der Waals surface area (Å²) in [7, 11) is -3.92. The minimum absolute atomic E-state index is 0.0892. The maximum Gasteiger partial charge on any atom is 0.412 e. The van der Waals surface area contributed by atoms with Crippen LogP contribution in [0.3, 0.4) is 0 Å². The molecular formula is C25H31N3O5S. The second kappa shape index (κ2) is 10.2. The van der Waals surface area contributed by atoms with E-state index in [0.717, 1.165) is 28.4 Å². The highest BCUT2D eigenvalue weighted by Crippen LogP contribution is 2.29. The molecule has 0 bridgehead atoms. The number of nitrogens with two attached hydrogens (primary N) is 1. The first-order valence-corrected chi connectivity index (χ1v) is 13.2. The summed E-state index contributed by atoms with van der Waals surface area (Å²) in [5.74, 6) is -0.940. The van der Waals surface area contributed by atoms with Gasteiger partial charge in [-0.2, -0.15) is 4.31 Å². The van der Waals surface area contributed by atoms with Gasteiger partial charge in [-0.15, -0.1) is 0 Å². The first-order chi connectivity index (χ1) is 16.3. The van der Waals surface area contributed by atoms with Gasteiger partial charge in [0.1, 0.15) is 6.04 Å². The van der Waals surface area contributed by atoms with Crippen LogP contribution >= 0.6 is 0 Å². The van der Waals surface area contributed by atoms with E-state index >= 15 is 0 Å². The summed E-state index contributed by atoms with van der Waals surface area (Å²) in [6.45, 7) is 4.72. The van der Waals surface area contributed by atoms with Crippen molar-refractivity contribution in [3.05, 3.63) is 54.1 Å². The number of hydrogen-bond acceptors (Lipinski definition) is 6. The van der Waals surface area contributed by atoms with Gasteiger partial charge in [-0.3, -0.25) is 0 Å². The quantitative estimate of drug-likeness (QED) is 0.477. The van der Waals surface area contributed by atoms with Gasteiger partial charge in [0.15, 0.2) is 0 Å². The molecule has 2 saturated heterocycles. The van der Waals surface area contributed by atoms with Crippen LogP contribution in [-0.4, -0.2) is 61.4 Å². The van der Waals surface area contributed by atoms with Crippen molar-refractivity contribution in [2.75, 3.05) is 19.6 Å². The van der Waals surface area contributed by atoms with E-state index in [2.05, 4.69) is 40.8 Å². The van der Waals surface area contributed by atoms with Crippen LogP contribution in [0.4, 0.5) is 4.79 Å². The molecule has 2 fully saturated rings. The minimum Gasteiger partial charge on any atom is -0.375 e. The van der Waals surface area contributed by atoms with Crippen molar-refractivity contribution in [2.24, 2.45) is 5.73 Å². The van der Waals surface area contributed by atoms with Gasteiger partial charge in [0, 0.05) is 19.1 Å². The van der Waals surface area contributed by atoms with Gasteiger partial charge in [0.25, 0.3) is 0 Å². The van der Waals surface area contributed by atoms with Crippen molar-refractivity contribution in [1.29, 1.82) is 0 Å². The Balaban J connectivity index is 1.43. The number of amides is 1. The average Bonchev–Trinajstić information content (AvgIpc) is 3.47. The maximum absolute atomic E-state index is 13.1. The predicted octanol–water partition coefficient (Wildman–Crippen LogP) is 3.16. The van der Waals surface area contributed by atoms with Crippen LogP contribution in [0.25, 0.3) is 11.1 Å². The number of rotatable bonds is 7. The molecule has 2 aromatic carbocycles. The number of likely N-dealkylation sites (tertiary alicyclic amines) is 1. The number of carbonyl (C=O) groups excluding carboxylic acids is 2. The molecule has 0 aromatic heterocycles. The number of hydrogen-bond donors (Lipinski definition) is 1. The lowest BCUT2D eigenvalue weighted by atomic mass is 10.0. The zero-order valence-corrected chi connectivity index (χ0v) is 20.2. The Labute approximate surface area is 200 Å². The van der Waals surface area contributed by atoms with Crippen LogP contribution in [-0.2, 0) is 26.0 Å². The third-order valence-electron chi connectivity index (χ3n) is 6.80. The molecule has 0 radical (unpaired) electrons. The Kier molecular flexibility index (Phi) is 7.35. The Bertz CT molecular complexity index is 1130. The molecule has 4 rings (SSSR count). The molecule has 182 valence electrons. The molecule has 2 aliphatic rings. The molecule has 2 N–H and O–H groups in total. The minimum atomic E-state index is -3.92. The predicted molar refractivity (Wildman–Crippen MR) is 128 cm³/mol. The van der Waals surface area contributed by atoms with Crippen LogP contribution in [0.1, 0.15) is 38.2 Å². The molecule has 2 aliphatic heterocycles. The van der Waals surface area contributed by atoms with E-state index < -0.39 is 28.1 Å². The fraction of sp³-hybridized carbons (Fsp3) is 0.440. The topological polar surface area (TPSA) is 110 Å². The Hall–Kier alpha value is -2.75. The van der Waals surface area contributed by atoms with E-state index in [1.54, 1.807) is 24.3 Å². The summed E-state index contributed by atoms with van der Waals surface area (Å²) >= 11 is 0.